The second-order valence-electron chi connectivity index (χ2n) is 4.72. The molecule has 102 valence electrons. The Morgan fingerprint density at radius 1 is 1.15 bits per heavy atom. The quantitative estimate of drug-likeness (QED) is 0.589. The van der Waals surface area contributed by atoms with Crippen molar-refractivity contribution in [3.05, 3.63) is 31.1 Å². The van der Waals surface area contributed by atoms with Crippen LogP contribution in [0.3, 0.4) is 0 Å². The first-order valence-electron chi connectivity index (χ1n) is 6.37. The third-order valence-electron chi connectivity index (χ3n) is 3.09. The number of hydrogen-bond acceptors (Lipinski definition) is 6. The summed E-state index contributed by atoms with van der Waals surface area (Å²) < 4.78 is 11.5. The van der Waals surface area contributed by atoms with E-state index in [4.69, 9.17) is 9.31 Å². The third kappa shape index (κ3) is 2.36. The molecule has 0 spiro atoms. The summed E-state index contributed by atoms with van der Waals surface area (Å²) in [7, 11) is 0. The molecule has 0 bridgehead atoms. The maximum Gasteiger partial charge on any atom is 0.609 e. The van der Waals surface area contributed by atoms with E-state index in [-0.39, 0.29) is 12.8 Å². The van der Waals surface area contributed by atoms with Gasteiger partial charge in [-0.2, -0.15) is 0 Å². The van der Waals surface area contributed by atoms with Gasteiger partial charge in [-0.05, 0) is 25.4 Å². The molecular weight excluding hydrogens is 277 g/mol. The van der Waals surface area contributed by atoms with E-state index < -0.39 is 18.5 Å². The molecule has 20 heavy (non-hydrogen) atoms. The number of thiazole rings is 1. The number of nitrogens with zero attached hydrogens (tertiary/aromatic N) is 1. The molecule has 0 N–H and O–H groups in total. The van der Waals surface area contributed by atoms with Gasteiger partial charge in [0, 0.05) is 12.8 Å². The van der Waals surface area contributed by atoms with Crippen LogP contribution in [-0.2, 0) is 18.9 Å². The maximum atomic E-state index is 11.7. The first kappa shape index (κ1) is 13.0. The zero-order valence-corrected chi connectivity index (χ0v) is 11.5. The summed E-state index contributed by atoms with van der Waals surface area (Å²) in [6.45, 7) is 1.39. The van der Waals surface area contributed by atoms with Crippen molar-refractivity contribution in [3.8, 4) is 0 Å². The van der Waals surface area contributed by atoms with E-state index in [0.717, 1.165) is 10.2 Å². The van der Waals surface area contributed by atoms with Crippen LogP contribution in [-0.4, -0.2) is 23.5 Å². The molecule has 1 aliphatic heterocycles. The molecule has 1 aromatic carbocycles. The Kier molecular flexibility index (Phi) is 3.14. The van der Waals surface area contributed by atoms with Crippen molar-refractivity contribution in [1.29, 1.82) is 0 Å². The third-order valence-corrected chi connectivity index (χ3v) is 4.32. The lowest BCUT2D eigenvalue weighted by atomic mass is 9.60. The molecule has 2 aromatic rings. The Morgan fingerprint density at radius 3 is 2.45 bits per heavy atom. The van der Waals surface area contributed by atoms with Gasteiger partial charge in [-0.15, -0.1) is 11.3 Å². The molecule has 0 saturated carbocycles. The zero-order valence-electron chi connectivity index (χ0n) is 10.7. The fourth-order valence-electron chi connectivity index (χ4n) is 2.12. The molecule has 1 fully saturated rings. The number of rotatable bonds is 1. The van der Waals surface area contributed by atoms with E-state index in [2.05, 4.69) is 11.8 Å². The van der Waals surface area contributed by atoms with Gasteiger partial charge in [-0.3, -0.25) is 14.6 Å². The van der Waals surface area contributed by atoms with Gasteiger partial charge in [0.2, 0.25) is 0 Å². The monoisotopic (exact) mass is 289 g/mol. The molecular formula is C13H12BNO4S. The molecule has 0 aliphatic carbocycles. The van der Waals surface area contributed by atoms with E-state index in [0.29, 0.717) is 11.3 Å². The summed E-state index contributed by atoms with van der Waals surface area (Å²) in [5, 5.41) is 0. The van der Waals surface area contributed by atoms with Crippen molar-refractivity contribution in [3.63, 3.8) is 0 Å². The minimum absolute atomic E-state index is 0.193. The Balaban J connectivity index is 2.02. The lowest BCUT2D eigenvalue weighted by molar-refractivity contribution is -0.143. The van der Waals surface area contributed by atoms with Crippen molar-refractivity contribution in [1.82, 2.24) is 4.98 Å². The number of hydrogen-bond donors (Lipinski definition) is 0. The molecule has 1 saturated heterocycles. The lowest BCUT2D eigenvalue weighted by Crippen LogP contribution is -2.54. The van der Waals surface area contributed by atoms with Crippen molar-refractivity contribution in [2.45, 2.75) is 19.3 Å². The summed E-state index contributed by atoms with van der Waals surface area (Å²) in [5.74, 6) is -0.821. The number of aromatic nitrogens is 1. The SMILES string of the molecule is [CH2+][B-]1(c2nc3ccccc3s2)OC(=O)CCCC(=O)O1. The maximum absolute atomic E-state index is 11.7. The summed E-state index contributed by atoms with van der Waals surface area (Å²) in [6.07, 6.45) is 0.821. The fourth-order valence-corrected chi connectivity index (χ4v) is 3.13. The molecule has 0 unspecified atom stereocenters. The second-order valence-corrected chi connectivity index (χ2v) is 5.78. The average molecular weight is 289 g/mol. The first-order chi connectivity index (χ1) is 9.57. The molecule has 1 aliphatic rings. The molecule has 3 rings (SSSR count). The molecule has 2 heterocycles. The zero-order chi connectivity index (χ0) is 14.2. The number of carbonyl (C=O) groups excluding carboxylic acids is 2. The van der Waals surface area contributed by atoms with E-state index >= 15 is 0 Å². The van der Waals surface area contributed by atoms with Crippen molar-refractivity contribution >= 4 is 45.0 Å². The van der Waals surface area contributed by atoms with Gasteiger partial charge in [-0.25, -0.2) is 0 Å². The molecule has 0 atom stereocenters. The summed E-state index contributed by atoms with van der Waals surface area (Å²) in [4.78, 5) is 28.2. The molecule has 5 nitrogen and oxygen atoms in total. The van der Waals surface area contributed by atoms with E-state index in [1.54, 1.807) is 0 Å². The summed E-state index contributed by atoms with van der Waals surface area (Å²) in [5.41, 5.74) is 0.770. The normalized spacial score (nSPS) is 19.0. The van der Waals surface area contributed by atoms with Gasteiger partial charge in [-0.1, -0.05) is 12.1 Å². The fraction of sp³-hybridized carbons (Fsp3) is 0.231. The summed E-state index contributed by atoms with van der Waals surface area (Å²) >= 11 is 1.32. The van der Waals surface area contributed by atoms with Gasteiger partial charge < -0.3 is 9.31 Å². The Bertz CT molecular complexity index is 633. The van der Waals surface area contributed by atoms with Crippen LogP contribution >= 0.6 is 11.3 Å². The predicted octanol–water partition coefficient (Wildman–Crippen LogP) is 1.59. The Labute approximate surface area is 119 Å². The highest BCUT2D eigenvalue weighted by molar-refractivity contribution is 7.29. The van der Waals surface area contributed by atoms with Crippen LogP contribution in [0.4, 0.5) is 0 Å². The van der Waals surface area contributed by atoms with Gasteiger partial charge in [0.1, 0.15) is 0 Å². The number of carbonyl (C=O) groups is 2. The molecule has 0 amide bonds. The number of benzene rings is 1. The van der Waals surface area contributed by atoms with E-state index in [9.17, 15) is 9.59 Å². The van der Waals surface area contributed by atoms with Crippen LogP contribution in [0.1, 0.15) is 19.3 Å². The van der Waals surface area contributed by atoms with Crippen LogP contribution in [0.2, 0.25) is 0 Å². The average Bonchev–Trinajstić information content (AvgIpc) is 2.81. The van der Waals surface area contributed by atoms with Crippen LogP contribution < -0.4 is 4.91 Å². The first-order valence-corrected chi connectivity index (χ1v) is 7.19. The predicted molar refractivity (Wildman–Crippen MR) is 76.4 cm³/mol. The Hall–Kier alpha value is -2.02. The Morgan fingerprint density at radius 2 is 1.80 bits per heavy atom. The molecule has 1 aromatic heterocycles. The largest absolute Gasteiger partial charge is 0.611 e. The standard InChI is InChI=1S/C13H12BNO4S/c1-14(18-11(16)7-4-8-12(17)19-14)13-15-9-5-2-3-6-10(9)20-13/h2-3,5-6H,1,4,7-8H2. The van der Waals surface area contributed by atoms with Crippen LogP contribution in [0, 0.1) is 6.82 Å². The lowest BCUT2D eigenvalue weighted by Gasteiger charge is -2.30. The van der Waals surface area contributed by atoms with Gasteiger partial charge in [0.25, 0.3) is 11.9 Å². The van der Waals surface area contributed by atoms with E-state index in [1.807, 2.05) is 24.3 Å². The van der Waals surface area contributed by atoms with Crippen molar-refractivity contribution in [2.24, 2.45) is 0 Å². The van der Waals surface area contributed by atoms with Crippen LogP contribution in [0.15, 0.2) is 24.3 Å². The number of fused-ring (bicyclic) bond motifs is 1. The number of para-hydroxylation sites is 1. The smallest absolute Gasteiger partial charge is 0.609 e. The molecule has 7 heteroatoms. The highest BCUT2D eigenvalue weighted by Crippen LogP contribution is 2.21. The van der Waals surface area contributed by atoms with Gasteiger partial charge >= 0.3 is 6.55 Å². The van der Waals surface area contributed by atoms with E-state index in [1.165, 1.54) is 11.3 Å². The van der Waals surface area contributed by atoms with Gasteiger partial charge in [0.05, 0.1) is 15.1 Å². The van der Waals surface area contributed by atoms with Crippen LogP contribution in [0.5, 0.6) is 0 Å². The highest BCUT2D eigenvalue weighted by Gasteiger charge is 2.45. The summed E-state index contributed by atoms with van der Waals surface area (Å²) in [6, 6.07) is 7.51. The molecule has 0 radical (unpaired) electrons. The topological polar surface area (TPSA) is 65.5 Å². The minimum atomic E-state index is -2.43. The second kappa shape index (κ2) is 4.83. The van der Waals surface area contributed by atoms with Crippen molar-refractivity contribution in [2.75, 3.05) is 0 Å². The minimum Gasteiger partial charge on any atom is -0.611 e. The van der Waals surface area contributed by atoms with Crippen LogP contribution in [0.25, 0.3) is 10.2 Å². The van der Waals surface area contributed by atoms with Crippen molar-refractivity contribution < 1.29 is 18.9 Å². The highest BCUT2D eigenvalue weighted by atomic mass is 32.1. The van der Waals surface area contributed by atoms with Gasteiger partial charge in [0.15, 0.2) is 0 Å².